The number of H-pyrrole nitrogens is 1. The smallest absolute Gasteiger partial charge is 0.272 e. The van der Waals surface area contributed by atoms with Gasteiger partial charge in [-0.25, -0.2) is 0 Å². The molecule has 1 aromatic carbocycles. The van der Waals surface area contributed by atoms with E-state index in [0.717, 1.165) is 35.5 Å². The molecule has 0 unspecified atom stereocenters. The topological polar surface area (TPSA) is 79.0 Å². The van der Waals surface area contributed by atoms with Gasteiger partial charge in [-0.3, -0.25) is 9.89 Å². The number of nitrogens with zero attached hydrogens (tertiary/aromatic N) is 1. The average molecular weight is 286 g/mol. The number of hydrogen-bond donors (Lipinski definition) is 3. The van der Waals surface area contributed by atoms with Gasteiger partial charge in [0.15, 0.2) is 5.69 Å². The van der Waals surface area contributed by atoms with Crippen LogP contribution < -0.4 is 15.4 Å². The molecule has 110 valence electrons. The van der Waals surface area contributed by atoms with E-state index in [4.69, 9.17) is 4.74 Å². The summed E-state index contributed by atoms with van der Waals surface area (Å²) in [5.74, 6) is 0.627. The predicted octanol–water partition coefficient (Wildman–Crippen LogP) is 0.994. The van der Waals surface area contributed by atoms with Crippen molar-refractivity contribution < 1.29 is 9.53 Å². The number of rotatable bonds is 4. The molecule has 1 aliphatic heterocycles. The number of aromatic nitrogens is 2. The Balaban J connectivity index is 1.67. The number of nitrogens with one attached hydrogen (secondary N) is 3. The molecule has 0 saturated heterocycles. The molecule has 0 atom stereocenters. The molecule has 0 saturated carbocycles. The molecule has 6 heteroatoms. The van der Waals surface area contributed by atoms with E-state index in [1.165, 1.54) is 0 Å². The number of aromatic amines is 1. The van der Waals surface area contributed by atoms with Gasteiger partial charge in [-0.05, 0) is 17.7 Å². The van der Waals surface area contributed by atoms with Crippen LogP contribution in [-0.2, 0) is 19.5 Å². The van der Waals surface area contributed by atoms with E-state index in [1.54, 1.807) is 7.11 Å². The summed E-state index contributed by atoms with van der Waals surface area (Å²) in [4.78, 5) is 12.3. The number of fused-ring (bicyclic) bond motifs is 1. The zero-order chi connectivity index (χ0) is 14.7. The van der Waals surface area contributed by atoms with Crippen molar-refractivity contribution in [2.45, 2.75) is 19.5 Å². The highest BCUT2D eigenvalue weighted by Crippen LogP contribution is 2.16. The molecule has 0 fully saturated rings. The third kappa shape index (κ3) is 2.90. The largest absolute Gasteiger partial charge is 0.497 e. The number of ether oxygens (including phenoxy) is 1. The van der Waals surface area contributed by atoms with Crippen LogP contribution in [0.3, 0.4) is 0 Å². The van der Waals surface area contributed by atoms with Gasteiger partial charge in [0.2, 0.25) is 0 Å². The van der Waals surface area contributed by atoms with Crippen molar-refractivity contribution in [2.75, 3.05) is 13.7 Å². The number of amides is 1. The molecule has 1 aliphatic rings. The van der Waals surface area contributed by atoms with Gasteiger partial charge in [-0.15, -0.1) is 0 Å². The second-order valence-electron chi connectivity index (χ2n) is 4.99. The predicted molar refractivity (Wildman–Crippen MR) is 78.2 cm³/mol. The maximum atomic E-state index is 12.3. The molecule has 3 rings (SSSR count). The zero-order valence-corrected chi connectivity index (χ0v) is 11.9. The second-order valence-corrected chi connectivity index (χ2v) is 4.99. The van der Waals surface area contributed by atoms with Gasteiger partial charge in [0, 0.05) is 37.3 Å². The van der Waals surface area contributed by atoms with Crippen molar-refractivity contribution >= 4 is 5.91 Å². The lowest BCUT2D eigenvalue weighted by Crippen LogP contribution is -2.28. The Morgan fingerprint density at radius 3 is 3.24 bits per heavy atom. The Hall–Kier alpha value is -2.34. The van der Waals surface area contributed by atoms with Crippen LogP contribution >= 0.6 is 0 Å². The quantitative estimate of drug-likeness (QED) is 0.783. The van der Waals surface area contributed by atoms with Gasteiger partial charge < -0.3 is 15.4 Å². The number of hydrogen-bond acceptors (Lipinski definition) is 4. The van der Waals surface area contributed by atoms with Gasteiger partial charge in [0.05, 0.1) is 7.11 Å². The fourth-order valence-corrected chi connectivity index (χ4v) is 2.46. The Bertz CT molecular complexity index is 651. The molecule has 0 radical (unpaired) electrons. The van der Waals surface area contributed by atoms with Crippen LogP contribution in [0.2, 0.25) is 0 Å². The monoisotopic (exact) mass is 286 g/mol. The molecule has 3 N–H and O–H groups in total. The minimum atomic E-state index is -0.154. The number of carbonyl (C=O) groups excluding carboxylic acids is 1. The van der Waals surface area contributed by atoms with Crippen LogP contribution in [0.15, 0.2) is 24.3 Å². The summed E-state index contributed by atoms with van der Waals surface area (Å²) in [5, 5.41) is 13.2. The highest BCUT2D eigenvalue weighted by molar-refractivity contribution is 5.94. The summed E-state index contributed by atoms with van der Waals surface area (Å²) in [6.07, 6.45) is 0.880. The van der Waals surface area contributed by atoms with Crippen LogP contribution in [-0.4, -0.2) is 29.8 Å². The van der Waals surface area contributed by atoms with Crippen LogP contribution in [0.25, 0.3) is 0 Å². The third-order valence-electron chi connectivity index (χ3n) is 3.61. The van der Waals surface area contributed by atoms with Crippen LogP contribution in [0.4, 0.5) is 0 Å². The minimum Gasteiger partial charge on any atom is -0.497 e. The maximum absolute atomic E-state index is 12.3. The van der Waals surface area contributed by atoms with E-state index >= 15 is 0 Å². The first-order valence-electron chi connectivity index (χ1n) is 6.96. The molecular formula is C15H18N4O2. The third-order valence-corrected chi connectivity index (χ3v) is 3.61. The molecule has 0 bridgehead atoms. The van der Waals surface area contributed by atoms with Crippen molar-refractivity contribution in [1.29, 1.82) is 0 Å². The second kappa shape index (κ2) is 5.97. The first kappa shape index (κ1) is 13.6. The summed E-state index contributed by atoms with van der Waals surface area (Å²) < 4.78 is 5.17. The Kier molecular flexibility index (Phi) is 3.87. The fourth-order valence-electron chi connectivity index (χ4n) is 2.46. The van der Waals surface area contributed by atoms with E-state index in [9.17, 15) is 4.79 Å². The molecule has 21 heavy (non-hydrogen) atoms. The summed E-state index contributed by atoms with van der Waals surface area (Å²) in [5.41, 5.74) is 3.51. The summed E-state index contributed by atoms with van der Waals surface area (Å²) in [6, 6.07) is 7.63. The van der Waals surface area contributed by atoms with Gasteiger partial charge in [-0.1, -0.05) is 12.1 Å². The van der Waals surface area contributed by atoms with Gasteiger partial charge in [0.25, 0.3) is 5.91 Å². The van der Waals surface area contributed by atoms with E-state index in [2.05, 4.69) is 20.8 Å². The van der Waals surface area contributed by atoms with E-state index in [0.29, 0.717) is 18.8 Å². The maximum Gasteiger partial charge on any atom is 0.272 e. The fraction of sp³-hybridized carbons (Fsp3) is 0.333. The lowest BCUT2D eigenvalue weighted by molar-refractivity contribution is 0.0944. The molecule has 0 spiro atoms. The molecule has 2 heterocycles. The Labute approximate surface area is 122 Å². The summed E-state index contributed by atoms with van der Waals surface area (Å²) in [7, 11) is 1.63. The average Bonchev–Trinajstić information content (AvgIpc) is 2.97. The normalized spacial score (nSPS) is 13.6. The van der Waals surface area contributed by atoms with Crippen molar-refractivity contribution in [3.05, 3.63) is 46.8 Å². The van der Waals surface area contributed by atoms with Crippen LogP contribution in [0.1, 0.15) is 27.3 Å². The molecule has 2 aromatic rings. The Morgan fingerprint density at radius 1 is 1.48 bits per heavy atom. The van der Waals surface area contributed by atoms with Crippen molar-refractivity contribution in [2.24, 2.45) is 0 Å². The molecule has 0 aliphatic carbocycles. The van der Waals surface area contributed by atoms with Crippen molar-refractivity contribution in [3.8, 4) is 5.75 Å². The van der Waals surface area contributed by atoms with E-state index in [1.807, 2.05) is 24.3 Å². The van der Waals surface area contributed by atoms with Crippen molar-refractivity contribution in [3.63, 3.8) is 0 Å². The molecule has 6 nitrogen and oxygen atoms in total. The number of methoxy groups -OCH3 is 1. The highest BCUT2D eigenvalue weighted by atomic mass is 16.5. The van der Waals surface area contributed by atoms with E-state index < -0.39 is 0 Å². The van der Waals surface area contributed by atoms with Crippen LogP contribution in [0, 0.1) is 0 Å². The molecule has 1 amide bonds. The first-order chi connectivity index (χ1) is 10.3. The molecule has 1 aromatic heterocycles. The highest BCUT2D eigenvalue weighted by Gasteiger charge is 2.21. The first-order valence-corrected chi connectivity index (χ1v) is 6.96. The SMILES string of the molecule is COc1cccc(CNC(=O)c2n[nH]c3c2CNCC3)c1. The Morgan fingerprint density at radius 2 is 2.38 bits per heavy atom. The van der Waals surface area contributed by atoms with Gasteiger partial charge in [0.1, 0.15) is 5.75 Å². The standard InChI is InChI=1S/C15H18N4O2/c1-21-11-4-2-3-10(7-11)8-17-15(20)14-12-9-16-6-5-13(12)18-19-14/h2-4,7,16H,5-6,8-9H2,1H3,(H,17,20)(H,18,19). The lowest BCUT2D eigenvalue weighted by atomic mass is 10.1. The van der Waals surface area contributed by atoms with E-state index in [-0.39, 0.29) is 5.91 Å². The summed E-state index contributed by atoms with van der Waals surface area (Å²) >= 11 is 0. The molecular weight excluding hydrogens is 268 g/mol. The van der Waals surface area contributed by atoms with Crippen molar-refractivity contribution in [1.82, 2.24) is 20.8 Å². The number of benzene rings is 1. The van der Waals surface area contributed by atoms with Gasteiger partial charge >= 0.3 is 0 Å². The van der Waals surface area contributed by atoms with Gasteiger partial charge in [-0.2, -0.15) is 5.10 Å². The number of carbonyl (C=O) groups is 1. The summed E-state index contributed by atoms with van der Waals surface area (Å²) in [6.45, 7) is 2.05. The lowest BCUT2D eigenvalue weighted by Gasteiger charge is -2.13. The minimum absolute atomic E-state index is 0.154. The van der Waals surface area contributed by atoms with Crippen LogP contribution in [0.5, 0.6) is 5.75 Å². The zero-order valence-electron chi connectivity index (χ0n) is 11.9.